The first kappa shape index (κ1) is 19.1. The Kier molecular flexibility index (Phi) is 5.93. The monoisotopic (exact) mass is 388 g/mol. The van der Waals surface area contributed by atoms with Crippen LogP contribution < -0.4 is 15.3 Å². The number of halogens is 1. The van der Waals surface area contributed by atoms with Gasteiger partial charge in [-0.3, -0.25) is 9.78 Å². The van der Waals surface area contributed by atoms with Crippen molar-refractivity contribution >= 4 is 29.0 Å². The number of hydrogen-bond donors (Lipinski definition) is 0. The highest BCUT2D eigenvalue weighted by atomic mass is 35.5. The Bertz CT molecular complexity index is 972. The summed E-state index contributed by atoms with van der Waals surface area (Å²) in [4.78, 5) is 30.1. The van der Waals surface area contributed by atoms with Crippen LogP contribution >= 0.6 is 12.4 Å². The van der Waals surface area contributed by atoms with Gasteiger partial charge in [-0.05, 0) is 31.2 Å². The van der Waals surface area contributed by atoms with E-state index in [1.165, 1.54) is 4.73 Å². The van der Waals surface area contributed by atoms with Gasteiger partial charge in [-0.1, -0.05) is 12.1 Å². The molecule has 0 radical (unpaired) electrons. The fourth-order valence-corrected chi connectivity index (χ4v) is 3.17. The highest BCUT2D eigenvalue weighted by molar-refractivity contribution is 5.92. The topological polar surface area (TPSA) is 69.5 Å². The van der Waals surface area contributed by atoms with Gasteiger partial charge in [0.15, 0.2) is 5.82 Å². The zero-order chi connectivity index (χ0) is 17.9. The molecule has 2 aromatic heterocycles. The number of nitrogens with zero attached hydrogens (tertiary/aromatic N) is 4. The summed E-state index contributed by atoms with van der Waals surface area (Å²) < 4.78 is 6.69. The van der Waals surface area contributed by atoms with Gasteiger partial charge in [0, 0.05) is 19.3 Å². The molecule has 1 saturated heterocycles. The molecule has 3 aromatic rings. The van der Waals surface area contributed by atoms with Gasteiger partial charge in [0.05, 0.1) is 29.8 Å². The molecule has 0 N–H and O–H groups in total. The fourth-order valence-electron chi connectivity index (χ4n) is 3.17. The van der Waals surface area contributed by atoms with E-state index in [4.69, 9.17) is 14.6 Å². The molecule has 0 bridgehead atoms. The maximum absolute atomic E-state index is 13.3. The molecule has 0 unspecified atom stereocenters. The molecule has 8 heteroatoms. The van der Waals surface area contributed by atoms with Crippen LogP contribution in [0.1, 0.15) is 6.92 Å². The zero-order valence-corrected chi connectivity index (χ0v) is 15.8. The molecule has 1 aliphatic rings. The molecule has 0 saturated carbocycles. The molecule has 4 rings (SSSR count). The van der Waals surface area contributed by atoms with E-state index in [1.807, 2.05) is 43.3 Å². The highest BCUT2D eigenvalue weighted by Crippen LogP contribution is 2.25. The molecule has 3 heterocycles. The van der Waals surface area contributed by atoms with Crippen LogP contribution in [0.25, 0.3) is 22.4 Å². The molecule has 0 spiro atoms. The third-order valence-electron chi connectivity index (χ3n) is 4.34. The minimum Gasteiger partial charge on any atom is -0.409 e. The minimum absolute atomic E-state index is 0. The molecule has 1 aliphatic heterocycles. The number of aromatic nitrogens is 3. The lowest BCUT2D eigenvalue weighted by atomic mass is 10.1. The van der Waals surface area contributed by atoms with E-state index in [2.05, 4.69) is 9.88 Å². The summed E-state index contributed by atoms with van der Waals surface area (Å²) >= 11 is 0. The van der Waals surface area contributed by atoms with Crippen molar-refractivity contribution in [3.8, 4) is 11.5 Å². The predicted molar refractivity (Wildman–Crippen MR) is 107 cm³/mol. The van der Waals surface area contributed by atoms with Gasteiger partial charge in [0.25, 0.3) is 5.56 Å². The van der Waals surface area contributed by atoms with Crippen LogP contribution in [0.4, 0.5) is 5.69 Å². The molecule has 1 fully saturated rings. The van der Waals surface area contributed by atoms with Crippen molar-refractivity contribution in [1.29, 1.82) is 0 Å². The third kappa shape index (κ3) is 3.61. The average molecular weight is 389 g/mol. The van der Waals surface area contributed by atoms with Gasteiger partial charge in [0.1, 0.15) is 12.3 Å². The average Bonchev–Trinajstić information content (AvgIpc) is 2.71. The number of pyridine rings is 1. The summed E-state index contributed by atoms with van der Waals surface area (Å²) in [6, 6.07) is 11.2. The van der Waals surface area contributed by atoms with Gasteiger partial charge >= 0.3 is 0 Å². The van der Waals surface area contributed by atoms with E-state index in [0.717, 1.165) is 18.8 Å². The van der Waals surface area contributed by atoms with Gasteiger partial charge in [-0.25, -0.2) is 4.98 Å². The highest BCUT2D eigenvalue weighted by Gasteiger charge is 2.20. The number of fused-ring (bicyclic) bond motifs is 1. The molecular weight excluding hydrogens is 368 g/mol. The maximum atomic E-state index is 13.3. The van der Waals surface area contributed by atoms with Gasteiger partial charge in [-0.2, -0.15) is 0 Å². The Morgan fingerprint density at radius 1 is 1.15 bits per heavy atom. The van der Waals surface area contributed by atoms with Crippen molar-refractivity contribution < 1.29 is 9.57 Å². The van der Waals surface area contributed by atoms with Crippen LogP contribution in [0.15, 0.2) is 47.4 Å². The molecule has 1 aromatic carbocycles. The van der Waals surface area contributed by atoms with E-state index >= 15 is 0 Å². The first-order valence-corrected chi connectivity index (χ1v) is 8.72. The van der Waals surface area contributed by atoms with E-state index in [1.54, 1.807) is 6.20 Å². The van der Waals surface area contributed by atoms with Crippen molar-refractivity contribution in [2.75, 3.05) is 37.8 Å². The van der Waals surface area contributed by atoms with E-state index < -0.39 is 0 Å². The molecule has 0 aliphatic carbocycles. The SMILES string of the molecule is CCOn1c(-c2ccccn2)nc2cccc(N3CCOCC3)c2c1=O.Cl. The predicted octanol–water partition coefficient (Wildman–Crippen LogP) is 2.17. The Labute approximate surface area is 162 Å². The lowest BCUT2D eigenvalue weighted by Gasteiger charge is -2.29. The number of anilines is 1. The second-order valence-electron chi connectivity index (χ2n) is 5.94. The first-order chi connectivity index (χ1) is 12.8. The zero-order valence-electron chi connectivity index (χ0n) is 15.0. The van der Waals surface area contributed by atoms with Crippen molar-refractivity contribution in [3.05, 3.63) is 52.9 Å². The summed E-state index contributed by atoms with van der Waals surface area (Å²) in [5.41, 5.74) is 1.87. The Morgan fingerprint density at radius 2 is 1.96 bits per heavy atom. The number of benzene rings is 1. The number of hydrogen-bond acceptors (Lipinski definition) is 6. The quantitative estimate of drug-likeness (QED) is 0.682. The molecular formula is C19H21ClN4O3. The van der Waals surface area contributed by atoms with Gasteiger partial charge < -0.3 is 14.5 Å². The van der Waals surface area contributed by atoms with Crippen LogP contribution in [0.3, 0.4) is 0 Å². The van der Waals surface area contributed by atoms with Crippen LogP contribution in [-0.2, 0) is 4.74 Å². The molecule has 0 atom stereocenters. The first-order valence-electron chi connectivity index (χ1n) is 8.72. The molecule has 27 heavy (non-hydrogen) atoms. The number of rotatable bonds is 4. The van der Waals surface area contributed by atoms with Crippen LogP contribution in [-0.4, -0.2) is 47.6 Å². The van der Waals surface area contributed by atoms with Gasteiger partial charge in [0.2, 0.25) is 0 Å². The Morgan fingerprint density at radius 3 is 2.67 bits per heavy atom. The van der Waals surface area contributed by atoms with Gasteiger partial charge in [-0.15, -0.1) is 17.1 Å². The minimum atomic E-state index is -0.223. The second-order valence-corrected chi connectivity index (χ2v) is 5.94. The lowest BCUT2D eigenvalue weighted by molar-refractivity contribution is 0.116. The van der Waals surface area contributed by atoms with E-state index in [0.29, 0.717) is 42.2 Å². The summed E-state index contributed by atoms with van der Waals surface area (Å²) in [5, 5.41) is 0.558. The number of ether oxygens (including phenoxy) is 1. The Hall–Kier alpha value is -2.64. The summed E-state index contributed by atoms with van der Waals surface area (Å²) in [6.45, 7) is 4.98. The second kappa shape index (κ2) is 8.37. The van der Waals surface area contributed by atoms with Crippen molar-refractivity contribution in [1.82, 2.24) is 14.7 Å². The van der Waals surface area contributed by atoms with E-state index in [-0.39, 0.29) is 18.0 Å². The van der Waals surface area contributed by atoms with Crippen LogP contribution in [0.5, 0.6) is 0 Å². The Balaban J connectivity index is 0.00000210. The number of morpholine rings is 1. The summed E-state index contributed by atoms with van der Waals surface area (Å²) in [6.07, 6.45) is 1.67. The normalized spacial score (nSPS) is 14.0. The lowest BCUT2D eigenvalue weighted by Crippen LogP contribution is -2.38. The molecule has 142 valence electrons. The van der Waals surface area contributed by atoms with Crippen molar-refractivity contribution in [3.63, 3.8) is 0 Å². The largest absolute Gasteiger partial charge is 0.409 e. The standard InChI is InChI=1S/C19H20N4O3.ClH/c1-2-26-23-18(15-6-3-4-9-20-15)21-14-7-5-8-16(17(14)19(23)24)22-10-12-25-13-11-22;/h3-9H,2,10-13H2,1H3;1H. The maximum Gasteiger partial charge on any atom is 0.296 e. The van der Waals surface area contributed by atoms with Crippen molar-refractivity contribution in [2.24, 2.45) is 0 Å². The molecule has 0 amide bonds. The van der Waals surface area contributed by atoms with Crippen LogP contribution in [0, 0.1) is 0 Å². The summed E-state index contributed by atoms with van der Waals surface area (Å²) in [5.74, 6) is 0.407. The smallest absolute Gasteiger partial charge is 0.296 e. The van der Waals surface area contributed by atoms with E-state index in [9.17, 15) is 4.79 Å². The summed E-state index contributed by atoms with van der Waals surface area (Å²) in [7, 11) is 0. The fraction of sp³-hybridized carbons (Fsp3) is 0.316. The third-order valence-corrected chi connectivity index (χ3v) is 4.34. The van der Waals surface area contributed by atoms with Crippen LogP contribution in [0.2, 0.25) is 0 Å². The van der Waals surface area contributed by atoms with Crippen molar-refractivity contribution in [2.45, 2.75) is 6.92 Å². The molecule has 7 nitrogen and oxygen atoms in total.